The second-order valence-electron chi connectivity index (χ2n) is 7.50. The molecule has 0 bridgehead atoms. The molecule has 4 heteroatoms. The quantitative estimate of drug-likeness (QED) is 0.570. The van der Waals surface area contributed by atoms with E-state index in [0.29, 0.717) is 24.9 Å². The molecule has 0 N–H and O–H groups in total. The van der Waals surface area contributed by atoms with Gasteiger partial charge in [-0.1, -0.05) is 40.5 Å². The summed E-state index contributed by atoms with van der Waals surface area (Å²) < 4.78 is 18.2. The molecule has 0 aromatic rings. The van der Waals surface area contributed by atoms with Crippen LogP contribution in [-0.2, 0) is 13.9 Å². The van der Waals surface area contributed by atoms with Crippen molar-refractivity contribution >= 4 is 8.32 Å². The highest BCUT2D eigenvalue weighted by Gasteiger charge is 2.56. The van der Waals surface area contributed by atoms with Crippen LogP contribution in [0.4, 0.5) is 0 Å². The Morgan fingerprint density at radius 3 is 2.47 bits per heavy atom. The molecule has 4 atom stereocenters. The van der Waals surface area contributed by atoms with Crippen LogP contribution in [0.1, 0.15) is 47.0 Å². The Bertz CT molecular complexity index is 311. The van der Waals surface area contributed by atoms with Gasteiger partial charge >= 0.3 is 0 Å². The fraction of sp³-hybridized carbons (Fsp3) is 1.00. The van der Waals surface area contributed by atoms with E-state index in [1.165, 1.54) is 12.8 Å². The zero-order valence-electron chi connectivity index (χ0n) is 13.4. The van der Waals surface area contributed by atoms with Gasteiger partial charge in [0.1, 0.15) is 12.2 Å². The molecule has 0 aliphatic carbocycles. The van der Waals surface area contributed by atoms with Crippen LogP contribution in [0.2, 0.25) is 18.1 Å². The molecule has 0 amide bonds. The predicted octanol–water partition coefficient (Wildman–Crippen LogP) is 3.73. The van der Waals surface area contributed by atoms with Crippen molar-refractivity contribution in [3.63, 3.8) is 0 Å². The monoisotopic (exact) mass is 286 g/mol. The highest BCUT2D eigenvalue weighted by Crippen LogP contribution is 2.43. The Morgan fingerprint density at radius 2 is 1.89 bits per heavy atom. The van der Waals surface area contributed by atoms with Gasteiger partial charge in [-0.05, 0) is 24.6 Å². The number of hydrogen-bond acceptors (Lipinski definition) is 3. The topological polar surface area (TPSA) is 31.0 Å². The first-order chi connectivity index (χ1) is 8.76. The third kappa shape index (κ3) is 3.41. The Kier molecular flexibility index (Phi) is 4.46. The van der Waals surface area contributed by atoms with Crippen LogP contribution in [0.3, 0.4) is 0 Å². The largest absolute Gasteiger partial charge is 0.409 e. The summed E-state index contributed by atoms with van der Waals surface area (Å²) in [7, 11) is -1.71. The smallest absolute Gasteiger partial charge is 0.192 e. The van der Waals surface area contributed by atoms with Crippen LogP contribution in [0, 0.1) is 0 Å². The van der Waals surface area contributed by atoms with Crippen LogP contribution < -0.4 is 0 Å². The molecule has 2 aliphatic heterocycles. The van der Waals surface area contributed by atoms with E-state index in [4.69, 9.17) is 13.9 Å². The average molecular weight is 286 g/mol. The maximum absolute atomic E-state index is 6.44. The molecule has 0 aromatic carbocycles. The van der Waals surface area contributed by atoms with Crippen molar-refractivity contribution in [2.75, 3.05) is 6.61 Å². The van der Waals surface area contributed by atoms with Gasteiger partial charge in [-0.15, -0.1) is 0 Å². The number of hydrogen-bond donors (Lipinski definition) is 0. The summed E-state index contributed by atoms with van der Waals surface area (Å²) >= 11 is 0. The van der Waals surface area contributed by atoms with Gasteiger partial charge in [0.25, 0.3) is 0 Å². The summed E-state index contributed by atoms with van der Waals surface area (Å²) in [5, 5.41) is 0.246. The maximum atomic E-state index is 6.44. The molecule has 3 nitrogen and oxygen atoms in total. The van der Waals surface area contributed by atoms with E-state index < -0.39 is 8.32 Å². The van der Waals surface area contributed by atoms with E-state index in [9.17, 15) is 0 Å². The first-order valence-electron chi connectivity index (χ1n) is 7.71. The zero-order chi connectivity index (χ0) is 14.3. The summed E-state index contributed by atoms with van der Waals surface area (Å²) in [5.74, 6) is 0. The maximum Gasteiger partial charge on any atom is 0.192 e. The lowest BCUT2D eigenvalue weighted by Gasteiger charge is -2.40. The number of rotatable bonds is 5. The second kappa shape index (κ2) is 5.47. The van der Waals surface area contributed by atoms with Crippen LogP contribution >= 0.6 is 0 Å². The molecule has 112 valence electrons. The van der Waals surface area contributed by atoms with Crippen LogP contribution in [0.25, 0.3) is 0 Å². The van der Waals surface area contributed by atoms with Gasteiger partial charge in [-0.3, -0.25) is 0 Å². The zero-order valence-corrected chi connectivity index (χ0v) is 14.4. The molecule has 0 spiro atoms. The van der Waals surface area contributed by atoms with Crippen molar-refractivity contribution in [3.8, 4) is 0 Å². The van der Waals surface area contributed by atoms with Crippen molar-refractivity contribution in [2.45, 2.75) is 89.5 Å². The van der Waals surface area contributed by atoms with Gasteiger partial charge in [-0.25, -0.2) is 0 Å². The Balaban J connectivity index is 1.87. The van der Waals surface area contributed by atoms with Gasteiger partial charge in [0.05, 0.1) is 18.8 Å². The Labute approximate surface area is 119 Å². The van der Waals surface area contributed by atoms with Crippen LogP contribution in [0.5, 0.6) is 0 Å². The normalized spacial score (nSPS) is 35.1. The number of fused-ring (bicyclic) bond motifs is 1. The molecule has 0 unspecified atom stereocenters. The molecular weight excluding hydrogens is 256 g/mol. The summed E-state index contributed by atoms with van der Waals surface area (Å²) in [6.45, 7) is 14.4. The van der Waals surface area contributed by atoms with Crippen molar-refractivity contribution < 1.29 is 13.9 Å². The molecule has 0 saturated carbocycles. The summed E-state index contributed by atoms with van der Waals surface area (Å²) in [6, 6.07) is 0. The van der Waals surface area contributed by atoms with E-state index >= 15 is 0 Å². The molecule has 2 saturated heterocycles. The molecule has 2 rings (SSSR count). The van der Waals surface area contributed by atoms with E-state index in [1.54, 1.807) is 0 Å². The summed E-state index contributed by atoms with van der Waals surface area (Å²) in [4.78, 5) is 0. The van der Waals surface area contributed by atoms with E-state index in [2.05, 4.69) is 40.8 Å². The fourth-order valence-electron chi connectivity index (χ4n) is 2.45. The predicted molar refractivity (Wildman–Crippen MR) is 80.0 cm³/mol. The van der Waals surface area contributed by atoms with Crippen LogP contribution in [-0.4, -0.2) is 39.3 Å². The molecule has 0 aromatic heterocycles. The van der Waals surface area contributed by atoms with E-state index in [0.717, 1.165) is 6.42 Å². The molecule has 2 fully saturated rings. The first kappa shape index (κ1) is 15.5. The number of ether oxygens (including phenoxy) is 2. The SMILES string of the molecule is CCCC[C@@H]1OC[C@@H](O[Si](C)(C)C(C)(C)C)[C@H]2O[C@H]21. The standard InChI is InChI=1S/C15H30O3Si/c1-7-8-9-11-13-14(17-13)12(10-16-11)18-19(5,6)15(2,3)4/h11-14H,7-10H2,1-6H3/t11-,12+,13-,14+/m0/s1. The van der Waals surface area contributed by atoms with Crippen LogP contribution in [0.15, 0.2) is 0 Å². The fourth-order valence-corrected chi connectivity index (χ4v) is 3.76. The highest BCUT2D eigenvalue weighted by atomic mass is 28.4. The lowest BCUT2D eigenvalue weighted by Crippen LogP contribution is -2.49. The lowest BCUT2D eigenvalue weighted by molar-refractivity contribution is -0.0343. The number of unbranched alkanes of at least 4 members (excludes halogenated alkanes) is 1. The summed E-state index contributed by atoms with van der Waals surface area (Å²) in [5.41, 5.74) is 0. The summed E-state index contributed by atoms with van der Waals surface area (Å²) in [6.07, 6.45) is 4.64. The van der Waals surface area contributed by atoms with Gasteiger partial charge in [0, 0.05) is 0 Å². The van der Waals surface area contributed by atoms with Gasteiger partial charge in [-0.2, -0.15) is 0 Å². The first-order valence-corrected chi connectivity index (χ1v) is 10.6. The third-order valence-electron chi connectivity index (χ3n) is 4.86. The molecular formula is C15H30O3Si. The van der Waals surface area contributed by atoms with Gasteiger partial charge < -0.3 is 13.9 Å². The molecule has 0 radical (unpaired) electrons. The highest BCUT2D eigenvalue weighted by molar-refractivity contribution is 6.74. The minimum absolute atomic E-state index is 0.156. The van der Waals surface area contributed by atoms with E-state index in [-0.39, 0.29) is 11.1 Å². The van der Waals surface area contributed by atoms with Gasteiger partial charge in [0.2, 0.25) is 0 Å². The minimum Gasteiger partial charge on any atom is -0.409 e. The Morgan fingerprint density at radius 1 is 1.21 bits per heavy atom. The molecule has 19 heavy (non-hydrogen) atoms. The Hall–Kier alpha value is 0.0969. The third-order valence-corrected chi connectivity index (χ3v) is 9.37. The van der Waals surface area contributed by atoms with Crippen molar-refractivity contribution in [2.24, 2.45) is 0 Å². The van der Waals surface area contributed by atoms with Crippen molar-refractivity contribution in [1.82, 2.24) is 0 Å². The lowest BCUT2D eigenvalue weighted by atomic mass is 10.0. The molecule has 2 aliphatic rings. The molecule has 2 heterocycles. The number of epoxide rings is 1. The average Bonchev–Trinajstić information content (AvgIpc) is 3.06. The van der Waals surface area contributed by atoms with Crippen molar-refractivity contribution in [1.29, 1.82) is 0 Å². The van der Waals surface area contributed by atoms with E-state index in [1.807, 2.05) is 0 Å². The van der Waals surface area contributed by atoms with Gasteiger partial charge in [0.15, 0.2) is 8.32 Å². The van der Waals surface area contributed by atoms with Crippen molar-refractivity contribution in [3.05, 3.63) is 0 Å². The second-order valence-corrected chi connectivity index (χ2v) is 12.3. The minimum atomic E-state index is -1.71.